The molecular weight excluding hydrogens is 241 g/mol. The topological polar surface area (TPSA) is 86.6 Å². The standard InChI is InChI=1S/C12H14FNO4/c1-7-3-2-4-8(10(7)13)11(16)14-9(5-6-15)12(17)18/h2-4,9,15H,5-6H2,1H3,(H,14,16)(H,17,18)/t9-/m0/s1. The van der Waals surface area contributed by atoms with Crippen LogP contribution in [0.25, 0.3) is 0 Å². The first kappa shape index (κ1) is 14.1. The molecule has 1 aromatic rings. The Bertz CT molecular complexity index is 461. The normalized spacial score (nSPS) is 11.9. The predicted molar refractivity (Wildman–Crippen MR) is 61.7 cm³/mol. The van der Waals surface area contributed by atoms with E-state index in [0.717, 1.165) is 0 Å². The molecule has 1 amide bonds. The Morgan fingerprint density at radius 2 is 2.11 bits per heavy atom. The number of hydrogen-bond acceptors (Lipinski definition) is 3. The van der Waals surface area contributed by atoms with Crippen LogP contribution in [0.3, 0.4) is 0 Å². The maximum absolute atomic E-state index is 13.6. The van der Waals surface area contributed by atoms with Crippen molar-refractivity contribution in [3.05, 3.63) is 35.1 Å². The first-order valence-electron chi connectivity index (χ1n) is 5.37. The third-order valence-corrected chi connectivity index (χ3v) is 2.46. The van der Waals surface area contributed by atoms with E-state index in [1.807, 2.05) is 0 Å². The van der Waals surface area contributed by atoms with Crippen LogP contribution in [0.4, 0.5) is 4.39 Å². The largest absolute Gasteiger partial charge is 0.480 e. The van der Waals surface area contributed by atoms with Crippen molar-refractivity contribution in [1.82, 2.24) is 5.32 Å². The summed E-state index contributed by atoms with van der Waals surface area (Å²) < 4.78 is 13.6. The van der Waals surface area contributed by atoms with E-state index >= 15 is 0 Å². The van der Waals surface area contributed by atoms with Gasteiger partial charge in [-0.1, -0.05) is 12.1 Å². The number of aliphatic hydroxyl groups is 1. The molecular formula is C12H14FNO4. The number of aliphatic carboxylic acids is 1. The van der Waals surface area contributed by atoms with Gasteiger partial charge in [0.25, 0.3) is 5.91 Å². The maximum atomic E-state index is 13.6. The molecule has 18 heavy (non-hydrogen) atoms. The average molecular weight is 255 g/mol. The van der Waals surface area contributed by atoms with Gasteiger partial charge in [-0.15, -0.1) is 0 Å². The van der Waals surface area contributed by atoms with E-state index in [4.69, 9.17) is 10.2 Å². The Hall–Kier alpha value is -1.95. The highest BCUT2D eigenvalue weighted by molar-refractivity contribution is 5.97. The third-order valence-electron chi connectivity index (χ3n) is 2.46. The van der Waals surface area contributed by atoms with Crippen molar-refractivity contribution in [3.8, 4) is 0 Å². The number of carboxylic acid groups (broad SMARTS) is 1. The predicted octanol–water partition coefficient (Wildman–Crippen LogP) is 0.700. The second kappa shape index (κ2) is 6.11. The van der Waals surface area contributed by atoms with E-state index in [-0.39, 0.29) is 18.6 Å². The van der Waals surface area contributed by atoms with Crippen LogP contribution in [-0.4, -0.2) is 34.7 Å². The first-order valence-corrected chi connectivity index (χ1v) is 5.37. The molecule has 0 unspecified atom stereocenters. The molecule has 1 aromatic carbocycles. The summed E-state index contributed by atoms with van der Waals surface area (Å²) in [7, 11) is 0. The fraction of sp³-hybridized carbons (Fsp3) is 0.333. The molecule has 0 spiro atoms. The van der Waals surface area contributed by atoms with Crippen LogP contribution in [-0.2, 0) is 4.79 Å². The van der Waals surface area contributed by atoms with E-state index in [1.54, 1.807) is 0 Å². The van der Waals surface area contributed by atoms with Gasteiger partial charge >= 0.3 is 5.97 Å². The highest BCUT2D eigenvalue weighted by Gasteiger charge is 2.21. The zero-order valence-electron chi connectivity index (χ0n) is 9.81. The fourth-order valence-corrected chi connectivity index (χ4v) is 1.45. The Morgan fingerprint density at radius 3 is 2.67 bits per heavy atom. The van der Waals surface area contributed by atoms with E-state index in [9.17, 15) is 14.0 Å². The Labute approximate surface area is 103 Å². The van der Waals surface area contributed by atoms with Crippen LogP contribution in [0.2, 0.25) is 0 Å². The molecule has 5 nitrogen and oxygen atoms in total. The summed E-state index contributed by atoms with van der Waals surface area (Å²) in [6, 6.07) is 3.06. The fourth-order valence-electron chi connectivity index (χ4n) is 1.45. The number of carbonyl (C=O) groups excluding carboxylic acids is 1. The molecule has 0 aliphatic heterocycles. The van der Waals surface area contributed by atoms with Crippen molar-refractivity contribution >= 4 is 11.9 Å². The Balaban J connectivity index is 2.87. The molecule has 0 saturated heterocycles. The number of halogens is 1. The molecule has 0 saturated carbocycles. The minimum Gasteiger partial charge on any atom is -0.480 e. The van der Waals surface area contributed by atoms with Crippen molar-refractivity contribution in [3.63, 3.8) is 0 Å². The third kappa shape index (κ3) is 3.27. The Morgan fingerprint density at radius 1 is 1.44 bits per heavy atom. The number of rotatable bonds is 5. The molecule has 1 rings (SSSR count). The lowest BCUT2D eigenvalue weighted by Crippen LogP contribution is -2.41. The lowest BCUT2D eigenvalue weighted by molar-refractivity contribution is -0.139. The molecule has 98 valence electrons. The van der Waals surface area contributed by atoms with Crippen molar-refractivity contribution in [2.75, 3.05) is 6.61 Å². The SMILES string of the molecule is Cc1cccc(C(=O)N[C@@H](CCO)C(=O)O)c1F. The zero-order valence-corrected chi connectivity index (χ0v) is 9.81. The number of aryl methyl sites for hydroxylation is 1. The Kier molecular flexibility index (Phi) is 4.79. The lowest BCUT2D eigenvalue weighted by Gasteiger charge is -2.13. The molecule has 0 bridgehead atoms. The van der Waals surface area contributed by atoms with E-state index < -0.39 is 23.7 Å². The van der Waals surface area contributed by atoms with Gasteiger partial charge in [-0.2, -0.15) is 0 Å². The van der Waals surface area contributed by atoms with Gasteiger partial charge in [0, 0.05) is 13.0 Å². The number of amides is 1. The number of carboxylic acids is 1. The number of carbonyl (C=O) groups is 2. The summed E-state index contributed by atoms with van der Waals surface area (Å²) in [4.78, 5) is 22.5. The molecule has 1 atom stereocenters. The van der Waals surface area contributed by atoms with Crippen LogP contribution in [0, 0.1) is 12.7 Å². The van der Waals surface area contributed by atoms with Gasteiger partial charge in [-0.25, -0.2) is 9.18 Å². The summed E-state index contributed by atoms with van der Waals surface area (Å²) in [6.45, 7) is 1.13. The second-order valence-electron chi connectivity index (χ2n) is 3.81. The highest BCUT2D eigenvalue weighted by Crippen LogP contribution is 2.12. The first-order chi connectivity index (χ1) is 8.47. The van der Waals surface area contributed by atoms with Crippen LogP contribution in [0.15, 0.2) is 18.2 Å². The van der Waals surface area contributed by atoms with Gasteiger partial charge in [0.05, 0.1) is 5.56 Å². The van der Waals surface area contributed by atoms with Gasteiger partial charge in [-0.05, 0) is 18.6 Å². The monoisotopic (exact) mass is 255 g/mol. The van der Waals surface area contributed by atoms with E-state index in [0.29, 0.717) is 5.56 Å². The van der Waals surface area contributed by atoms with Crippen molar-refractivity contribution in [1.29, 1.82) is 0 Å². The average Bonchev–Trinajstić information content (AvgIpc) is 2.31. The maximum Gasteiger partial charge on any atom is 0.326 e. The number of hydrogen-bond donors (Lipinski definition) is 3. The molecule has 0 fully saturated rings. The molecule has 3 N–H and O–H groups in total. The molecule has 0 radical (unpaired) electrons. The minimum atomic E-state index is -1.27. The summed E-state index contributed by atoms with van der Waals surface area (Å²) >= 11 is 0. The van der Waals surface area contributed by atoms with Crippen LogP contribution >= 0.6 is 0 Å². The summed E-state index contributed by atoms with van der Waals surface area (Å²) in [5.41, 5.74) is 0.0934. The van der Waals surface area contributed by atoms with Gasteiger partial charge in [0.2, 0.25) is 0 Å². The number of aliphatic hydroxyl groups excluding tert-OH is 1. The highest BCUT2D eigenvalue weighted by atomic mass is 19.1. The molecule has 0 heterocycles. The second-order valence-corrected chi connectivity index (χ2v) is 3.81. The van der Waals surface area contributed by atoms with Gasteiger partial charge in [-0.3, -0.25) is 4.79 Å². The molecule has 0 aromatic heterocycles. The van der Waals surface area contributed by atoms with E-state index in [1.165, 1.54) is 25.1 Å². The number of benzene rings is 1. The lowest BCUT2D eigenvalue weighted by atomic mass is 10.1. The van der Waals surface area contributed by atoms with Crippen molar-refractivity contribution in [2.24, 2.45) is 0 Å². The molecule has 0 aliphatic rings. The van der Waals surface area contributed by atoms with Crippen LogP contribution < -0.4 is 5.32 Å². The van der Waals surface area contributed by atoms with Gasteiger partial charge in [0.15, 0.2) is 0 Å². The quantitative estimate of drug-likeness (QED) is 0.722. The zero-order chi connectivity index (χ0) is 13.7. The minimum absolute atomic E-state index is 0.130. The summed E-state index contributed by atoms with van der Waals surface area (Å²) in [6.07, 6.45) is -0.130. The summed E-state index contributed by atoms with van der Waals surface area (Å²) in [5, 5.41) is 19.6. The van der Waals surface area contributed by atoms with Gasteiger partial charge < -0.3 is 15.5 Å². The van der Waals surface area contributed by atoms with Crippen LogP contribution in [0.1, 0.15) is 22.3 Å². The molecule has 6 heteroatoms. The van der Waals surface area contributed by atoms with Gasteiger partial charge in [0.1, 0.15) is 11.9 Å². The van der Waals surface area contributed by atoms with Crippen molar-refractivity contribution in [2.45, 2.75) is 19.4 Å². The number of nitrogens with one attached hydrogen (secondary N) is 1. The molecule has 0 aliphatic carbocycles. The summed E-state index contributed by atoms with van der Waals surface area (Å²) in [5.74, 6) is -2.76. The van der Waals surface area contributed by atoms with Crippen molar-refractivity contribution < 1.29 is 24.2 Å². The van der Waals surface area contributed by atoms with Crippen LogP contribution in [0.5, 0.6) is 0 Å². The smallest absolute Gasteiger partial charge is 0.326 e. The van der Waals surface area contributed by atoms with E-state index in [2.05, 4.69) is 5.32 Å².